The van der Waals surface area contributed by atoms with E-state index in [9.17, 15) is 4.79 Å². The van der Waals surface area contributed by atoms with Crippen molar-refractivity contribution >= 4 is 5.78 Å². The summed E-state index contributed by atoms with van der Waals surface area (Å²) in [5.74, 6) is 1.42. The van der Waals surface area contributed by atoms with E-state index in [1.165, 1.54) is 17.1 Å². The lowest BCUT2D eigenvalue weighted by atomic mass is 10.1. The summed E-state index contributed by atoms with van der Waals surface area (Å²) in [5.41, 5.74) is 3.19. The third-order valence-electron chi connectivity index (χ3n) is 4.47. The number of rotatable bonds is 4. The number of ketones is 1. The van der Waals surface area contributed by atoms with E-state index >= 15 is 0 Å². The summed E-state index contributed by atoms with van der Waals surface area (Å²) in [6, 6.07) is 19.9. The number of nitrogens with zero attached hydrogens (tertiary/aromatic N) is 2. The number of aromatic nitrogens is 2. The molecule has 0 saturated heterocycles. The minimum absolute atomic E-state index is 0.163. The van der Waals surface area contributed by atoms with E-state index in [1.807, 2.05) is 36.4 Å². The predicted molar refractivity (Wildman–Crippen MR) is 89.2 cm³/mol. The molecule has 1 aliphatic rings. The molecule has 0 radical (unpaired) electrons. The molecule has 4 rings (SSSR count). The highest BCUT2D eigenvalue weighted by atomic mass is 16.1. The molecule has 0 atom stereocenters. The van der Waals surface area contributed by atoms with Crippen LogP contribution in [-0.4, -0.2) is 10.4 Å². The van der Waals surface area contributed by atoms with Gasteiger partial charge in [0, 0.05) is 11.1 Å². The maximum Gasteiger partial charge on any atom is 0.257 e. The van der Waals surface area contributed by atoms with Crippen molar-refractivity contribution in [2.45, 2.75) is 25.9 Å². The van der Waals surface area contributed by atoms with Gasteiger partial charge in [-0.15, -0.1) is 0 Å². The minimum Gasteiger partial charge on any atom is -0.290 e. The van der Waals surface area contributed by atoms with Crippen molar-refractivity contribution in [3.63, 3.8) is 0 Å². The number of hydrogen-bond acceptors (Lipinski definition) is 1. The van der Waals surface area contributed by atoms with E-state index in [2.05, 4.69) is 39.6 Å². The zero-order valence-corrected chi connectivity index (χ0v) is 13.0. The van der Waals surface area contributed by atoms with Gasteiger partial charge in [0.1, 0.15) is 6.20 Å². The Bertz CT molecular complexity index is 835. The smallest absolute Gasteiger partial charge is 0.257 e. The number of imidazole rings is 1. The van der Waals surface area contributed by atoms with Gasteiger partial charge in [-0.3, -0.25) is 4.79 Å². The zero-order chi connectivity index (χ0) is 15.6. The summed E-state index contributed by atoms with van der Waals surface area (Å²) in [7, 11) is 0. The van der Waals surface area contributed by atoms with Gasteiger partial charge in [0.2, 0.25) is 5.78 Å². The highest BCUT2D eigenvalue weighted by molar-refractivity contribution is 5.95. The van der Waals surface area contributed by atoms with Crippen LogP contribution < -0.4 is 4.57 Å². The van der Waals surface area contributed by atoms with Crippen LogP contribution in [0.3, 0.4) is 0 Å². The molecule has 0 N–H and O–H groups in total. The Morgan fingerprint density at radius 3 is 2.43 bits per heavy atom. The highest BCUT2D eigenvalue weighted by Crippen LogP contribution is 2.24. The van der Waals surface area contributed by atoms with Crippen LogP contribution in [0.2, 0.25) is 0 Å². The summed E-state index contributed by atoms with van der Waals surface area (Å²) >= 11 is 0. The molecular formula is C20H19N2O+. The van der Waals surface area contributed by atoms with Gasteiger partial charge in [-0.1, -0.05) is 60.7 Å². The van der Waals surface area contributed by atoms with Gasteiger partial charge >= 0.3 is 0 Å². The fourth-order valence-corrected chi connectivity index (χ4v) is 3.36. The first-order valence-corrected chi connectivity index (χ1v) is 8.08. The average molecular weight is 303 g/mol. The molecule has 0 saturated carbocycles. The normalized spacial score (nSPS) is 13.0. The first-order valence-electron chi connectivity index (χ1n) is 8.08. The molecule has 3 aromatic rings. The molecule has 3 heteroatoms. The van der Waals surface area contributed by atoms with E-state index in [4.69, 9.17) is 0 Å². The van der Waals surface area contributed by atoms with Crippen molar-refractivity contribution in [2.24, 2.45) is 0 Å². The summed E-state index contributed by atoms with van der Waals surface area (Å²) in [4.78, 5) is 12.5. The van der Waals surface area contributed by atoms with Crippen LogP contribution in [-0.2, 0) is 19.5 Å². The fraction of sp³-hybridized carbons (Fsp3) is 0.200. The van der Waals surface area contributed by atoms with E-state index in [1.54, 1.807) is 0 Å². The summed E-state index contributed by atoms with van der Waals surface area (Å²) < 4.78 is 4.48. The fourth-order valence-electron chi connectivity index (χ4n) is 3.36. The quantitative estimate of drug-likeness (QED) is 0.536. The van der Waals surface area contributed by atoms with Crippen LogP contribution >= 0.6 is 0 Å². The molecule has 23 heavy (non-hydrogen) atoms. The van der Waals surface area contributed by atoms with Gasteiger partial charge in [-0.25, -0.2) is 9.13 Å². The van der Waals surface area contributed by atoms with Crippen molar-refractivity contribution in [3.05, 3.63) is 78.2 Å². The third-order valence-corrected chi connectivity index (χ3v) is 4.47. The molecule has 0 unspecified atom stereocenters. The van der Waals surface area contributed by atoms with Gasteiger partial charge in [-0.2, -0.15) is 0 Å². The average Bonchev–Trinajstić information content (AvgIpc) is 3.20. The largest absolute Gasteiger partial charge is 0.290 e. The number of carbonyl (C=O) groups is 1. The lowest BCUT2D eigenvalue weighted by Crippen LogP contribution is -2.40. The Hall–Kier alpha value is -2.68. The van der Waals surface area contributed by atoms with Crippen molar-refractivity contribution in [1.29, 1.82) is 0 Å². The van der Waals surface area contributed by atoms with Gasteiger partial charge in [-0.05, 0) is 6.42 Å². The van der Waals surface area contributed by atoms with Crippen LogP contribution in [0.1, 0.15) is 22.6 Å². The molecule has 1 aromatic heterocycles. The van der Waals surface area contributed by atoms with Crippen LogP contribution in [0.15, 0.2) is 66.9 Å². The molecule has 114 valence electrons. The van der Waals surface area contributed by atoms with E-state index in [-0.39, 0.29) is 5.78 Å². The first-order chi connectivity index (χ1) is 11.3. The van der Waals surface area contributed by atoms with Gasteiger partial charge in [0.25, 0.3) is 5.82 Å². The van der Waals surface area contributed by atoms with Crippen molar-refractivity contribution in [1.82, 2.24) is 4.57 Å². The number of benzene rings is 2. The van der Waals surface area contributed by atoms with Crippen LogP contribution in [0.5, 0.6) is 0 Å². The molecule has 2 aromatic carbocycles. The first kappa shape index (κ1) is 13.9. The third kappa shape index (κ3) is 2.59. The molecule has 3 nitrogen and oxygen atoms in total. The molecule has 1 aliphatic heterocycles. The van der Waals surface area contributed by atoms with Crippen LogP contribution in [0.4, 0.5) is 0 Å². The summed E-state index contributed by atoms with van der Waals surface area (Å²) in [6.45, 7) is 1.44. The maximum atomic E-state index is 12.5. The van der Waals surface area contributed by atoms with E-state index < -0.39 is 0 Å². The zero-order valence-electron chi connectivity index (χ0n) is 13.0. The lowest BCUT2D eigenvalue weighted by molar-refractivity contribution is -0.689. The van der Waals surface area contributed by atoms with Crippen LogP contribution in [0, 0.1) is 0 Å². The Balaban J connectivity index is 1.69. The monoisotopic (exact) mass is 303 g/mol. The molecule has 0 bridgehead atoms. The second kappa shape index (κ2) is 5.84. The minimum atomic E-state index is 0.163. The standard InChI is InChI=1S/C20H19N2O/c23-19(17-10-5-2-6-11-17)15-21-14-18(16-8-3-1-4-9-16)22-13-7-12-20(21)22/h1-6,8-11,14H,7,12-13,15H2/q+1. The lowest BCUT2D eigenvalue weighted by Gasteiger charge is -1.99. The van der Waals surface area contributed by atoms with Gasteiger partial charge in [0.05, 0.1) is 13.0 Å². The van der Waals surface area contributed by atoms with E-state index in [0.29, 0.717) is 6.54 Å². The Kier molecular flexibility index (Phi) is 3.54. The van der Waals surface area contributed by atoms with E-state index in [0.717, 1.165) is 24.9 Å². The Labute approximate surface area is 135 Å². The predicted octanol–water partition coefficient (Wildman–Crippen LogP) is 3.27. The molecule has 2 heterocycles. The number of carbonyl (C=O) groups excluding carboxylic acids is 1. The van der Waals surface area contributed by atoms with Crippen molar-refractivity contribution in [2.75, 3.05) is 0 Å². The number of hydrogen-bond donors (Lipinski definition) is 0. The summed E-state index contributed by atoms with van der Waals surface area (Å²) in [6.07, 6.45) is 4.31. The highest BCUT2D eigenvalue weighted by Gasteiger charge is 2.29. The van der Waals surface area contributed by atoms with Gasteiger partial charge in [0.15, 0.2) is 12.2 Å². The number of fused-ring (bicyclic) bond motifs is 1. The Morgan fingerprint density at radius 2 is 1.70 bits per heavy atom. The topological polar surface area (TPSA) is 25.9 Å². The van der Waals surface area contributed by atoms with Crippen molar-refractivity contribution < 1.29 is 9.36 Å². The summed E-state index contributed by atoms with van der Waals surface area (Å²) in [5, 5.41) is 0. The molecular weight excluding hydrogens is 284 g/mol. The Morgan fingerprint density at radius 1 is 1.00 bits per heavy atom. The van der Waals surface area contributed by atoms with Crippen molar-refractivity contribution in [3.8, 4) is 11.3 Å². The second-order valence-corrected chi connectivity index (χ2v) is 5.97. The molecule has 0 spiro atoms. The second-order valence-electron chi connectivity index (χ2n) is 5.97. The van der Waals surface area contributed by atoms with Crippen LogP contribution in [0.25, 0.3) is 11.3 Å². The number of Topliss-reactive ketones (excluding diaryl/α,β-unsaturated/α-hetero) is 1. The maximum absolute atomic E-state index is 12.5. The SMILES string of the molecule is O=C(C[n+]1cc(-c2ccccc2)n2c1CCC2)c1ccccc1. The molecule has 0 amide bonds. The molecule has 0 fully saturated rings. The van der Waals surface area contributed by atoms with Gasteiger partial charge < -0.3 is 0 Å². The molecule has 0 aliphatic carbocycles.